The van der Waals surface area contributed by atoms with Crippen LogP contribution in [0.3, 0.4) is 0 Å². The number of aromatic nitrogens is 1. The van der Waals surface area contributed by atoms with Crippen LogP contribution in [0.1, 0.15) is 44.7 Å². The Hall–Kier alpha value is -2.85. The van der Waals surface area contributed by atoms with Gasteiger partial charge in [0.25, 0.3) is 5.91 Å². The van der Waals surface area contributed by atoms with Crippen molar-refractivity contribution in [2.45, 2.75) is 31.7 Å². The summed E-state index contributed by atoms with van der Waals surface area (Å²) in [6.07, 6.45) is 2.53. The molecule has 2 aliphatic rings. The molecule has 1 aliphatic heterocycles. The van der Waals surface area contributed by atoms with Gasteiger partial charge in [0.05, 0.1) is 38.5 Å². The number of nitrogens with two attached hydrogens (primary N) is 1. The number of aryl methyl sites for hydroxylation is 1. The monoisotopic (exact) mass is 474 g/mol. The third kappa shape index (κ3) is 4.77. The Labute approximate surface area is 197 Å². The van der Waals surface area contributed by atoms with Crippen LogP contribution in [0, 0.1) is 0 Å². The minimum atomic E-state index is -0.529. The lowest BCUT2D eigenvalue weighted by molar-refractivity contribution is -0.135. The van der Waals surface area contributed by atoms with E-state index in [-0.39, 0.29) is 11.8 Å². The number of benzene rings is 1. The van der Waals surface area contributed by atoms with Gasteiger partial charge >= 0.3 is 0 Å². The number of ether oxygens (including phenoxy) is 3. The van der Waals surface area contributed by atoms with E-state index in [0.29, 0.717) is 41.9 Å². The van der Waals surface area contributed by atoms with Crippen molar-refractivity contribution in [3.63, 3.8) is 0 Å². The zero-order valence-electron chi connectivity index (χ0n) is 19.3. The minimum absolute atomic E-state index is 0.0940. The first-order valence-electron chi connectivity index (χ1n) is 11.0. The van der Waals surface area contributed by atoms with Crippen LogP contribution in [0.4, 0.5) is 0 Å². The van der Waals surface area contributed by atoms with Crippen LogP contribution in [-0.4, -0.2) is 74.1 Å². The molecule has 1 aliphatic carbocycles. The Morgan fingerprint density at radius 2 is 1.76 bits per heavy atom. The van der Waals surface area contributed by atoms with Gasteiger partial charge in [-0.05, 0) is 19.3 Å². The van der Waals surface area contributed by atoms with E-state index in [2.05, 4.69) is 9.88 Å². The zero-order chi connectivity index (χ0) is 23.5. The molecule has 2 heterocycles. The van der Waals surface area contributed by atoms with Crippen molar-refractivity contribution in [2.75, 3.05) is 47.5 Å². The van der Waals surface area contributed by atoms with Crippen LogP contribution in [0.15, 0.2) is 12.1 Å². The molecule has 4 rings (SSSR count). The fraction of sp³-hybridized carbons (Fsp3) is 0.522. The highest BCUT2D eigenvalue weighted by atomic mass is 32.1. The summed E-state index contributed by atoms with van der Waals surface area (Å²) in [5.41, 5.74) is 7.12. The molecule has 2 N–H and O–H groups in total. The maximum absolute atomic E-state index is 13.3. The summed E-state index contributed by atoms with van der Waals surface area (Å²) in [6.45, 7) is 3.41. The number of rotatable bonds is 7. The molecule has 33 heavy (non-hydrogen) atoms. The van der Waals surface area contributed by atoms with E-state index in [1.165, 1.54) is 11.3 Å². The highest BCUT2D eigenvalue weighted by Gasteiger charge is 2.35. The number of methoxy groups -OCH3 is 3. The predicted molar refractivity (Wildman–Crippen MR) is 124 cm³/mol. The van der Waals surface area contributed by atoms with Crippen LogP contribution < -0.4 is 19.9 Å². The lowest BCUT2D eigenvalue weighted by Gasteiger charge is -2.37. The van der Waals surface area contributed by atoms with Gasteiger partial charge in [-0.25, -0.2) is 4.98 Å². The number of thiazole rings is 1. The van der Waals surface area contributed by atoms with Gasteiger partial charge in [-0.3, -0.25) is 14.5 Å². The molecule has 2 amide bonds. The van der Waals surface area contributed by atoms with E-state index in [1.54, 1.807) is 21.3 Å². The summed E-state index contributed by atoms with van der Waals surface area (Å²) in [6, 6.07) is 3.71. The van der Waals surface area contributed by atoms with Crippen molar-refractivity contribution in [1.29, 1.82) is 0 Å². The first kappa shape index (κ1) is 23.3. The van der Waals surface area contributed by atoms with Crippen molar-refractivity contribution in [1.82, 2.24) is 14.8 Å². The molecule has 1 atom stereocenters. The highest BCUT2D eigenvalue weighted by molar-refractivity contribution is 7.13. The van der Waals surface area contributed by atoms with Gasteiger partial charge < -0.3 is 24.8 Å². The first-order chi connectivity index (χ1) is 15.9. The van der Waals surface area contributed by atoms with Crippen LogP contribution in [0.5, 0.6) is 17.2 Å². The van der Waals surface area contributed by atoms with Crippen LogP contribution in [0.2, 0.25) is 0 Å². The lowest BCUT2D eigenvalue weighted by Crippen LogP contribution is -2.49. The lowest BCUT2D eigenvalue weighted by atomic mass is 9.89. The molecule has 1 saturated heterocycles. The number of piperazine rings is 1. The number of fused-ring (bicyclic) bond motifs is 1. The second kappa shape index (κ2) is 9.96. The van der Waals surface area contributed by atoms with E-state index >= 15 is 0 Å². The summed E-state index contributed by atoms with van der Waals surface area (Å²) in [7, 11) is 4.88. The number of nitrogens with zero attached hydrogens (tertiary/aromatic N) is 3. The fourth-order valence-corrected chi connectivity index (χ4v) is 5.59. The molecule has 0 bridgehead atoms. The quantitative estimate of drug-likeness (QED) is 0.654. The maximum Gasteiger partial charge on any atom is 0.277 e. The number of carbonyl (C=O) groups is 2. The molecular weight excluding hydrogens is 444 g/mol. The predicted octanol–water partition coefficient (Wildman–Crippen LogP) is 2.03. The molecule has 2 aromatic rings. The van der Waals surface area contributed by atoms with Gasteiger partial charge in [-0.1, -0.05) is 0 Å². The average molecular weight is 475 g/mol. The summed E-state index contributed by atoms with van der Waals surface area (Å²) in [5.74, 6) is 1.39. The summed E-state index contributed by atoms with van der Waals surface area (Å²) < 4.78 is 16.5. The molecule has 0 spiro atoms. The second-order valence-corrected chi connectivity index (χ2v) is 9.33. The highest BCUT2D eigenvalue weighted by Crippen LogP contribution is 2.37. The number of hydrogen-bond acceptors (Lipinski definition) is 8. The average Bonchev–Trinajstić information content (AvgIpc) is 3.29. The van der Waals surface area contributed by atoms with Crippen molar-refractivity contribution in [2.24, 2.45) is 5.73 Å². The molecule has 9 nitrogen and oxygen atoms in total. The Morgan fingerprint density at radius 1 is 1.09 bits per heavy atom. The number of amides is 2. The Morgan fingerprint density at radius 3 is 2.33 bits per heavy atom. The third-order valence-corrected chi connectivity index (χ3v) is 7.49. The largest absolute Gasteiger partial charge is 0.496 e. The Balaban J connectivity index is 1.42. The molecule has 1 aromatic heterocycles. The normalized spacial score (nSPS) is 18.5. The Kier molecular flexibility index (Phi) is 7.04. The van der Waals surface area contributed by atoms with Crippen LogP contribution >= 0.6 is 11.3 Å². The van der Waals surface area contributed by atoms with Crippen molar-refractivity contribution < 1.29 is 23.8 Å². The van der Waals surface area contributed by atoms with E-state index in [1.807, 2.05) is 17.0 Å². The van der Waals surface area contributed by atoms with Gasteiger partial charge in [0.2, 0.25) is 5.91 Å². The topological polar surface area (TPSA) is 107 Å². The number of carbonyl (C=O) groups excluding carboxylic acids is 2. The van der Waals surface area contributed by atoms with E-state index in [9.17, 15) is 9.59 Å². The molecule has 10 heteroatoms. The van der Waals surface area contributed by atoms with Gasteiger partial charge in [0.1, 0.15) is 17.2 Å². The smallest absolute Gasteiger partial charge is 0.277 e. The molecule has 0 radical (unpaired) electrons. The maximum atomic E-state index is 13.3. The number of hydrogen-bond donors (Lipinski definition) is 1. The molecule has 1 fully saturated rings. The fourth-order valence-electron chi connectivity index (χ4n) is 4.57. The van der Waals surface area contributed by atoms with Crippen molar-refractivity contribution in [3.8, 4) is 17.2 Å². The molecule has 0 saturated carbocycles. The third-order valence-electron chi connectivity index (χ3n) is 6.35. The van der Waals surface area contributed by atoms with Gasteiger partial charge in [0, 0.05) is 49.7 Å². The minimum Gasteiger partial charge on any atom is -0.496 e. The summed E-state index contributed by atoms with van der Waals surface area (Å²) in [5, 5.41) is 0.298. The van der Waals surface area contributed by atoms with Gasteiger partial charge in [-0.15, -0.1) is 11.3 Å². The van der Waals surface area contributed by atoms with Crippen molar-refractivity contribution >= 4 is 23.2 Å². The van der Waals surface area contributed by atoms with Gasteiger partial charge in [0.15, 0.2) is 5.01 Å². The van der Waals surface area contributed by atoms with Crippen LogP contribution in [0.25, 0.3) is 0 Å². The van der Waals surface area contributed by atoms with Gasteiger partial charge in [-0.2, -0.15) is 0 Å². The zero-order valence-corrected chi connectivity index (χ0v) is 20.1. The van der Waals surface area contributed by atoms with E-state index in [0.717, 1.165) is 48.5 Å². The standard InChI is InChI=1S/C23H30N4O5S/c1-30-14-11-17(31-2)16(18(12-14)32-3)13-26-7-9-27(10-8-26)23(29)15-5-4-6-19-20(15)25-22(33-19)21(24)28/h11-12,15H,4-10,13H2,1-3H3,(H2,24,28). The molecule has 1 unspecified atom stereocenters. The Bertz CT molecular complexity index is 1010. The first-order valence-corrected chi connectivity index (χ1v) is 11.9. The molecular formula is C23H30N4O5S. The summed E-state index contributed by atoms with van der Waals surface area (Å²) >= 11 is 1.33. The number of primary amides is 1. The summed E-state index contributed by atoms with van der Waals surface area (Å²) in [4.78, 5) is 34.5. The van der Waals surface area contributed by atoms with E-state index < -0.39 is 5.91 Å². The van der Waals surface area contributed by atoms with Crippen LogP contribution in [-0.2, 0) is 17.8 Å². The SMILES string of the molecule is COc1cc(OC)c(CN2CCN(C(=O)C3CCCc4sc(C(N)=O)nc43)CC2)c(OC)c1. The van der Waals surface area contributed by atoms with Crippen molar-refractivity contribution in [3.05, 3.63) is 33.3 Å². The molecule has 1 aromatic carbocycles. The second-order valence-electron chi connectivity index (χ2n) is 8.25. The molecule has 178 valence electrons. The van der Waals surface area contributed by atoms with E-state index in [4.69, 9.17) is 19.9 Å².